The topological polar surface area (TPSA) is 73.8 Å². The van der Waals surface area contributed by atoms with Gasteiger partial charge in [0, 0.05) is 18.0 Å². The Morgan fingerprint density at radius 1 is 1.21 bits per heavy atom. The average molecular weight is 381 g/mol. The zero-order valence-electron chi connectivity index (χ0n) is 15.8. The number of carbonyl (C=O) groups excluding carboxylic acids is 1. The molecule has 146 valence electrons. The zero-order chi connectivity index (χ0) is 19.3. The van der Waals surface area contributed by atoms with Crippen molar-refractivity contribution in [2.75, 3.05) is 19.8 Å². The fraction of sp³-hybridized carbons (Fsp3) is 0.381. The number of hydrogen-bond donors (Lipinski definition) is 0. The van der Waals surface area contributed by atoms with Crippen molar-refractivity contribution in [2.45, 2.75) is 32.0 Å². The van der Waals surface area contributed by atoms with Gasteiger partial charge in [-0.15, -0.1) is 0 Å². The van der Waals surface area contributed by atoms with E-state index in [1.165, 1.54) is 0 Å². The van der Waals surface area contributed by atoms with Crippen LogP contribution in [0.25, 0.3) is 5.57 Å². The summed E-state index contributed by atoms with van der Waals surface area (Å²) in [6.45, 7) is 3.64. The molecule has 2 unspecified atom stereocenters. The molecule has 2 aliphatic rings. The second kappa shape index (κ2) is 8.39. The van der Waals surface area contributed by atoms with Crippen molar-refractivity contribution in [2.24, 2.45) is 0 Å². The summed E-state index contributed by atoms with van der Waals surface area (Å²) in [6, 6.07) is 9.84. The van der Waals surface area contributed by atoms with Gasteiger partial charge in [-0.3, -0.25) is 4.90 Å². The van der Waals surface area contributed by atoms with Gasteiger partial charge >= 0.3 is 12.1 Å². The Morgan fingerprint density at radius 2 is 2.00 bits per heavy atom. The monoisotopic (exact) mass is 381 g/mol. The van der Waals surface area contributed by atoms with Gasteiger partial charge in [0.15, 0.2) is 0 Å². The Labute approximate surface area is 164 Å². The quantitative estimate of drug-likeness (QED) is 0.793. The molecule has 1 fully saturated rings. The van der Waals surface area contributed by atoms with E-state index in [1.54, 1.807) is 17.3 Å². The number of amides is 1. The predicted octanol–water partition coefficient (Wildman–Crippen LogP) is 3.07. The molecule has 4 rings (SSSR count). The fourth-order valence-electron chi connectivity index (χ4n) is 3.57. The highest BCUT2D eigenvalue weighted by Gasteiger charge is 2.39. The molecule has 7 nitrogen and oxygen atoms in total. The van der Waals surface area contributed by atoms with E-state index in [4.69, 9.17) is 14.2 Å². The van der Waals surface area contributed by atoms with Gasteiger partial charge in [-0.25, -0.2) is 14.8 Å². The van der Waals surface area contributed by atoms with Crippen molar-refractivity contribution in [3.8, 4) is 6.01 Å². The van der Waals surface area contributed by atoms with Crippen LogP contribution in [-0.4, -0.2) is 52.9 Å². The molecule has 2 aromatic rings. The molecule has 0 spiro atoms. The SMILES string of the molecule is CCOc1ncc(C2=CC3COCC(C2)N3C(=O)OCc2ccccc2)cn1. The first-order valence-corrected chi connectivity index (χ1v) is 9.47. The van der Waals surface area contributed by atoms with Gasteiger partial charge in [-0.05, 0) is 24.5 Å². The van der Waals surface area contributed by atoms with E-state index in [0.29, 0.717) is 32.3 Å². The molecule has 1 aromatic carbocycles. The third-order valence-electron chi connectivity index (χ3n) is 4.89. The number of ether oxygens (including phenoxy) is 3. The number of carbonyl (C=O) groups is 1. The Balaban J connectivity index is 1.47. The Kier molecular flexibility index (Phi) is 5.53. The van der Waals surface area contributed by atoms with E-state index < -0.39 is 0 Å². The largest absolute Gasteiger partial charge is 0.464 e. The third kappa shape index (κ3) is 3.99. The van der Waals surface area contributed by atoms with Crippen LogP contribution in [0.5, 0.6) is 6.01 Å². The fourth-order valence-corrected chi connectivity index (χ4v) is 3.57. The normalized spacial score (nSPS) is 21.0. The molecule has 0 N–H and O–H groups in total. The minimum absolute atomic E-state index is 0.0615. The Bertz CT molecular complexity index is 838. The van der Waals surface area contributed by atoms with E-state index >= 15 is 0 Å². The summed E-state index contributed by atoms with van der Waals surface area (Å²) in [6.07, 6.45) is 5.96. The summed E-state index contributed by atoms with van der Waals surface area (Å²) in [7, 11) is 0. The van der Waals surface area contributed by atoms with Crippen molar-refractivity contribution in [1.29, 1.82) is 0 Å². The standard InChI is InChI=1S/C21H23N3O4/c1-2-27-20-22-10-17(11-23-20)16-8-18-13-26-14-19(9-16)24(18)21(25)28-12-15-6-4-3-5-7-15/h3-8,10-11,18-19H,2,9,12-14H2,1H3. The number of benzene rings is 1. The van der Waals surface area contributed by atoms with Crippen LogP contribution < -0.4 is 4.74 Å². The smallest absolute Gasteiger partial charge is 0.411 e. The summed E-state index contributed by atoms with van der Waals surface area (Å²) in [4.78, 5) is 23.0. The van der Waals surface area contributed by atoms with Crippen LogP contribution in [0, 0.1) is 0 Å². The number of rotatable bonds is 5. The van der Waals surface area contributed by atoms with Crippen LogP contribution in [0.15, 0.2) is 48.8 Å². The van der Waals surface area contributed by atoms with Crippen molar-refractivity contribution in [1.82, 2.24) is 14.9 Å². The summed E-state index contributed by atoms with van der Waals surface area (Å²) in [5, 5.41) is 0. The summed E-state index contributed by atoms with van der Waals surface area (Å²) < 4.78 is 16.5. The van der Waals surface area contributed by atoms with Crippen LogP contribution in [-0.2, 0) is 16.1 Å². The van der Waals surface area contributed by atoms with Gasteiger partial charge in [0.2, 0.25) is 0 Å². The van der Waals surface area contributed by atoms with Crippen molar-refractivity contribution in [3.05, 3.63) is 59.9 Å². The van der Waals surface area contributed by atoms with Crippen molar-refractivity contribution < 1.29 is 19.0 Å². The van der Waals surface area contributed by atoms with E-state index in [0.717, 1.165) is 16.7 Å². The lowest BCUT2D eigenvalue weighted by molar-refractivity contribution is -0.0342. The predicted molar refractivity (Wildman–Crippen MR) is 103 cm³/mol. The summed E-state index contributed by atoms with van der Waals surface area (Å²) in [5.41, 5.74) is 3.03. The molecule has 1 aromatic heterocycles. The van der Waals surface area contributed by atoms with E-state index in [2.05, 4.69) is 16.0 Å². The Morgan fingerprint density at radius 3 is 2.71 bits per heavy atom. The molecule has 2 atom stereocenters. The molecule has 1 amide bonds. The van der Waals surface area contributed by atoms with Gasteiger partial charge in [0.05, 0.1) is 31.9 Å². The van der Waals surface area contributed by atoms with Crippen molar-refractivity contribution in [3.63, 3.8) is 0 Å². The van der Waals surface area contributed by atoms with Crippen LogP contribution in [0.2, 0.25) is 0 Å². The molecule has 2 bridgehead atoms. The molecule has 0 aliphatic carbocycles. The number of aromatic nitrogens is 2. The Hall–Kier alpha value is -2.93. The maximum Gasteiger partial charge on any atom is 0.411 e. The second-order valence-electron chi connectivity index (χ2n) is 6.79. The zero-order valence-corrected chi connectivity index (χ0v) is 15.8. The number of hydrogen-bond acceptors (Lipinski definition) is 6. The lowest BCUT2D eigenvalue weighted by atomic mass is 9.91. The molecule has 1 saturated heterocycles. The van der Waals surface area contributed by atoms with Crippen LogP contribution >= 0.6 is 0 Å². The highest BCUT2D eigenvalue weighted by molar-refractivity contribution is 5.74. The van der Waals surface area contributed by atoms with E-state index in [9.17, 15) is 4.79 Å². The molecular weight excluding hydrogens is 358 g/mol. The first-order valence-electron chi connectivity index (χ1n) is 9.47. The molecule has 0 saturated carbocycles. The van der Waals surface area contributed by atoms with Crippen LogP contribution in [0.1, 0.15) is 24.5 Å². The molecule has 28 heavy (non-hydrogen) atoms. The van der Waals surface area contributed by atoms with Gasteiger partial charge in [0.1, 0.15) is 6.61 Å². The van der Waals surface area contributed by atoms with E-state index in [-0.39, 0.29) is 24.8 Å². The first-order chi connectivity index (χ1) is 13.7. The average Bonchev–Trinajstić information content (AvgIpc) is 2.72. The lowest BCUT2D eigenvalue weighted by Gasteiger charge is -2.43. The maximum atomic E-state index is 12.7. The second-order valence-corrected chi connectivity index (χ2v) is 6.79. The highest BCUT2D eigenvalue weighted by Crippen LogP contribution is 2.32. The van der Waals surface area contributed by atoms with Crippen LogP contribution in [0.4, 0.5) is 4.79 Å². The third-order valence-corrected chi connectivity index (χ3v) is 4.89. The molecule has 7 heteroatoms. The molecule has 2 aliphatic heterocycles. The van der Waals surface area contributed by atoms with Gasteiger partial charge in [-0.2, -0.15) is 0 Å². The molecule has 0 radical (unpaired) electrons. The van der Waals surface area contributed by atoms with E-state index in [1.807, 2.05) is 37.3 Å². The number of morpholine rings is 1. The summed E-state index contributed by atoms with van der Waals surface area (Å²) in [5.74, 6) is 0. The minimum Gasteiger partial charge on any atom is -0.464 e. The van der Waals surface area contributed by atoms with Crippen molar-refractivity contribution >= 4 is 11.7 Å². The molecular formula is C21H23N3O4. The van der Waals surface area contributed by atoms with Gasteiger partial charge < -0.3 is 14.2 Å². The first kappa shape index (κ1) is 18.4. The highest BCUT2D eigenvalue weighted by atomic mass is 16.6. The number of fused-ring (bicyclic) bond motifs is 2. The lowest BCUT2D eigenvalue weighted by Crippen LogP contribution is -2.56. The van der Waals surface area contributed by atoms with Gasteiger partial charge in [-0.1, -0.05) is 36.4 Å². The van der Waals surface area contributed by atoms with Gasteiger partial charge in [0.25, 0.3) is 0 Å². The number of nitrogens with zero attached hydrogens (tertiary/aromatic N) is 3. The molecule has 3 heterocycles. The van der Waals surface area contributed by atoms with Crippen LogP contribution in [0.3, 0.4) is 0 Å². The summed E-state index contributed by atoms with van der Waals surface area (Å²) >= 11 is 0. The minimum atomic E-state index is -0.305. The maximum absolute atomic E-state index is 12.7.